The number of methoxy groups -OCH3 is 1. The molecule has 1 amide bonds. The highest BCUT2D eigenvalue weighted by atomic mass is 16.6. The summed E-state index contributed by atoms with van der Waals surface area (Å²) in [5.41, 5.74) is 1.06. The molecule has 2 saturated carbocycles. The minimum Gasteiger partial charge on any atom is -0.481 e. The van der Waals surface area contributed by atoms with Crippen molar-refractivity contribution in [2.75, 3.05) is 25.1 Å². The van der Waals surface area contributed by atoms with E-state index in [-0.39, 0.29) is 12.1 Å². The Balaban J connectivity index is 1.45. The van der Waals surface area contributed by atoms with E-state index in [2.05, 4.69) is 15.2 Å². The minimum atomic E-state index is -0.458. The van der Waals surface area contributed by atoms with Gasteiger partial charge in [0.15, 0.2) is 0 Å². The highest BCUT2D eigenvalue weighted by Gasteiger charge is 2.70. The number of pyridine rings is 1. The fraction of sp³-hybridized carbons (Fsp3) is 0.684. The van der Waals surface area contributed by atoms with E-state index >= 15 is 0 Å². The lowest BCUT2D eigenvalue weighted by molar-refractivity contribution is -0.138. The number of carbonyl (C=O) groups is 1. The van der Waals surface area contributed by atoms with Crippen molar-refractivity contribution < 1.29 is 14.3 Å². The van der Waals surface area contributed by atoms with Crippen molar-refractivity contribution in [1.82, 2.24) is 10.3 Å². The average molecular weight is 345 g/mol. The van der Waals surface area contributed by atoms with Crippen LogP contribution in [0.1, 0.15) is 33.6 Å². The molecular formula is C19H27N3O3. The molecule has 1 saturated heterocycles. The molecule has 3 aliphatic rings. The van der Waals surface area contributed by atoms with Gasteiger partial charge in [-0.3, -0.25) is 0 Å². The summed E-state index contributed by atoms with van der Waals surface area (Å²) in [6.07, 6.45) is 3.96. The van der Waals surface area contributed by atoms with Gasteiger partial charge in [0, 0.05) is 43.0 Å². The molecule has 1 aromatic heterocycles. The zero-order valence-corrected chi connectivity index (χ0v) is 15.4. The van der Waals surface area contributed by atoms with E-state index in [1.807, 2.05) is 32.9 Å². The summed E-state index contributed by atoms with van der Waals surface area (Å²) in [6, 6.07) is 4.26. The van der Waals surface area contributed by atoms with E-state index in [1.54, 1.807) is 13.3 Å². The molecule has 4 rings (SSSR count). The monoisotopic (exact) mass is 345 g/mol. The standard InChI is InChI=1S/C19H27N3O3/c1-18(2,3)25-17(23)21-16-13-5-7-19(13)11-22(10-14(16)19)12-6-8-20-15(9-12)24-4/h6,8-9,13-14,16H,5,7,10-11H2,1-4H3,(H,21,23). The molecule has 2 heterocycles. The van der Waals surface area contributed by atoms with Crippen LogP contribution in [0, 0.1) is 17.3 Å². The second-order valence-corrected chi connectivity index (χ2v) is 8.59. The normalized spacial score (nSPS) is 32.8. The number of hydrogen-bond donors (Lipinski definition) is 1. The van der Waals surface area contributed by atoms with Gasteiger partial charge in [0.1, 0.15) is 5.60 Å². The first-order valence-corrected chi connectivity index (χ1v) is 9.07. The first kappa shape index (κ1) is 16.5. The summed E-state index contributed by atoms with van der Waals surface area (Å²) >= 11 is 0. The van der Waals surface area contributed by atoms with Gasteiger partial charge in [-0.25, -0.2) is 9.78 Å². The predicted octanol–water partition coefficient (Wildman–Crippen LogP) is 2.83. The minimum absolute atomic E-state index is 0.234. The van der Waals surface area contributed by atoms with Crippen LogP contribution in [0.25, 0.3) is 0 Å². The molecule has 1 N–H and O–H groups in total. The Morgan fingerprint density at radius 1 is 1.40 bits per heavy atom. The largest absolute Gasteiger partial charge is 0.481 e. The van der Waals surface area contributed by atoms with E-state index in [1.165, 1.54) is 12.8 Å². The zero-order chi connectivity index (χ0) is 17.8. The molecule has 136 valence electrons. The number of nitrogens with zero attached hydrogens (tertiary/aromatic N) is 2. The van der Waals surface area contributed by atoms with Crippen molar-refractivity contribution >= 4 is 11.8 Å². The first-order valence-electron chi connectivity index (χ1n) is 9.07. The number of amides is 1. The fourth-order valence-corrected chi connectivity index (χ4v) is 5.01. The molecular weight excluding hydrogens is 318 g/mol. The van der Waals surface area contributed by atoms with Gasteiger partial charge in [-0.2, -0.15) is 0 Å². The van der Waals surface area contributed by atoms with Gasteiger partial charge in [0.2, 0.25) is 5.88 Å². The van der Waals surface area contributed by atoms with Crippen molar-refractivity contribution in [3.8, 4) is 5.88 Å². The maximum Gasteiger partial charge on any atom is 0.407 e. The van der Waals surface area contributed by atoms with E-state index in [0.29, 0.717) is 23.1 Å². The molecule has 0 bridgehead atoms. The third-order valence-electron chi connectivity index (χ3n) is 6.14. The van der Waals surface area contributed by atoms with Gasteiger partial charge < -0.3 is 19.7 Å². The lowest BCUT2D eigenvalue weighted by Gasteiger charge is -2.65. The van der Waals surface area contributed by atoms with Crippen molar-refractivity contribution in [1.29, 1.82) is 0 Å². The van der Waals surface area contributed by atoms with E-state index in [0.717, 1.165) is 18.8 Å². The Bertz CT molecular complexity index is 687. The van der Waals surface area contributed by atoms with E-state index < -0.39 is 5.60 Å². The van der Waals surface area contributed by atoms with Crippen molar-refractivity contribution in [3.05, 3.63) is 18.3 Å². The Kier molecular flexibility index (Phi) is 3.63. The number of carbonyl (C=O) groups excluding carboxylic acids is 1. The average Bonchev–Trinajstić information content (AvgIpc) is 2.92. The molecule has 0 aromatic carbocycles. The maximum atomic E-state index is 12.2. The number of rotatable bonds is 3. The van der Waals surface area contributed by atoms with Crippen molar-refractivity contribution in [2.45, 2.75) is 45.3 Å². The Labute approximate surface area is 148 Å². The smallest absolute Gasteiger partial charge is 0.407 e. The van der Waals surface area contributed by atoms with Gasteiger partial charge in [-0.15, -0.1) is 0 Å². The summed E-state index contributed by atoms with van der Waals surface area (Å²) in [5.74, 6) is 1.72. The molecule has 2 aliphatic carbocycles. The number of hydrogen-bond acceptors (Lipinski definition) is 5. The van der Waals surface area contributed by atoms with Gasteiger partial charge in [-0.1, -0.05) is 0 Å². The molecule has 1 aliphatic heterocycles. The van der Waals surface area contributed by atoms with E-state index in [4.69, 9.17) is 9.47 Å². The Morgan fingerprint density at radius 3 is 2.84 bits per heavy atom. The van der Waals surface area contributed by atoms with Gasteiger partial charge in [0.05, 0.1) is 7.11 Å². The summed E-state index contributed by atoms with van der Waals surface area (Å²) < 4.78 is 10.7. The van der Waals surface area contributed by atoms with Crippen molar-refractivity contribution in [3.63, 3.8) is 0 Å². The Morgan fingerprint density at radius 2 is 2.20 bits per heavy atom. The summed E-state index contributed by atoms with van der Waals surface area (Å²) in [4.78, 5) is 18.8. The van der Waals surface area contributed by atoms with Crippen LogP contribution in [-0.2, 0) is 4.74 Å². The van der Waals surface area contributed by atoms with Gasteiger partial charge in [-0.05, 0) is 51.0 Å². The topological polar surface area (TPSA) is 63.7 Å². The predicted molar refractivity (Wildman–Crippen MR) is 94.8 cm³/mol. The van der Waals surface area contributed by atoms with Crippen LogP contribution in [0.5, 0.6) is 5.88 Å². The van der Waals surface area contributed by atoms with Crippen LogP contribution in [0.15, 0.2) is 18.3 Å². The number of anilines is 1. The number of aromatic nitrogens is 1. The van der Waals surface area contributed by atoms with Crippen molar-refractivity contribution in [2.24, 2.45) is 17.3 Å². The molecule has 6 heteroatoms. The molecule has 4 atom stereocenters. The van der Waals surface area contributed by atoms with Crippen LogP contribution in [0.4, 0.5) is 10.5 Å². The SMILES string of the molecule is COc1cc(N2CC3C(NC(=O)OC(C)(C)C)C4CCC43C2)ccn1. The number of alkyl carbamates (subject to hydrolysis) is 1. The lowest BCUT2D eigenvalue weighted by Crippen LogP contribution is -2.71. The third-order valence-corrected chi connectivity index (χ3v) is 6.14. The molecule has 1 aromatic rings. The van der Waals surface area contributed by atoms with E-state index in [9.17, 15) is 4.79 Å². The lowest BCUT2D eigenvalue weighted by atomic mass is 9.41. The van der Waals surface area contributed by atoms with Gasteiger partial charge in [0.25, 0.3) is 0 Å². The molecule has 25 heavy (non-hydrogen) atoms. The summed E-state index contributed by atoms with van der Waals surface area (Å²) in [6.45, 7) is 7.71. The number of ether oxygens (including phenoxy) is 2. The summed E-state index contributed by atoms with van der Waals surface area (Å²) in [5, 5.41) is 3.14. The highest BCUT2D eigenvalue weighted by Crippen LogP contribution is 2.67. The first-order chi connectivity index (χ1) is 11.8. The quantitative estimate of drug-likeness (QED) is 0.913. The van der Waals surface area contributed by atoms with Gasteiger partial charge >= 0.3 is 6.09 Å². The van der Waals surface area contributed by atoms with Crippen LogP contribution in [-0.4, -0.2) is 42.9 Å². The zero-order valence-electron chi connectivity index (χ0n) is 15.4. The maximum absolute atomic E-state index is 12.2. The van der Waals surface area contributed by atoms with Crippen LogP contribution in [0.3, 0.4) is 0 Å². The molecule has 1 spiro atoms. The second kappa shape index (κ2) is 5.51. The van der Waals surface area contributed by atoms with Crippen LogP contribution < -0.4 is 15.0 Å². The van der Waals surface area contributed by atoms with Crippen LogP contribution >= 0.6 is 0 Å². The van der Waals surface area contributed by atoms with Crippen LogP contribution in [0.2, 0.25) is 0 Å². The second-order valence-electron chi connectivity index (χ2n) is 8.59. The third kappa shape index (κ3) is 2.62. The molecule has 3 fully saturated rings. The molecule has 0 radical (unpaired) electrons. The molecule has 4 unspecified atom stereocenters. The molecule has 6 nitrogen and oxygen atoms in total. The highest BCUT2D eigenvalue weighted by molar-refractivity contribution is 5.69. The fourth-order valence-electron chi connectivity index (χ4n) is 5.01. The summed E-state index contributed by atoms with van der Waals surface area (Å²) in [7, 11) is 1.64. The Hall–Kier alpha value is -1.98. The number of nitrogens with one attached hydrogen (secondary N) is 1.